The Morgan fingerprint density at radius 1 is 0.846 bits per heavy atom. The molecule has 0 fully saturated rings. The molecule has 0 aromatic heterocycles. The molecule has 0 unspecified atom stereocenters. The third-order valence-electron chi connectivity index (χ3n) is 0. The minimum atomic E-state index is -5.38. The fourth-order valence-electron chi connectivity index (χ4n) is 0. The van der Waals surface area contributed by atoms with Gasteiger partial charge >= 0.3 is 104 Å². The second-order valence-corrected chi connectivity index (χ2v) is 57.2. The molecule has 0 heterocycles. The van der Waals surface area contributed by atoms with Crippen LogP contribution in [-0.4, -0.2) is 47.1 Å². The summed E-state index contributed by atoms with van der Waals surface area (Å²) in [6.45, 7) is -5.38. The molecule has 0 aromatic rings. The molecule has 84 valence electrons. The summed E-state index contributed by atoms with van der Waals surface area (Å²) in [7, 11) is 25.7. The van der Waals surface area contributed by atoms with Crippen LogP contribution in [-0.2, 0) is 17.0 Å². The predicted octanol–water partition coefficient (Wildman–Crippen LogP) is 2.83. The molecule has 4 nitrogen and oxygen atoms in total. The molecule has 2 N–H and O–H groups in total. The van der Waals surface area contributed by atoms with Gasteiger partial charge < -0.3 is 0 Å². The third-order valence-corrected chi connectivity index (χ3v) is 0. The Hall–Kier alpha value is 3.25. The van der Waals surface area contributed by atoms with Crippen LogP contribution in [0.2, 0.25) is 0 Å². The van der Waals surface area contributed by atoms with Gasteiger partial charge in [-0.3, -0.25) is 9.11 Å². The Morgan fingerprint density at radius 2 is 0.846 bits per heavy atom. The normalized spacial score (nSPS) is 16.9. The van der Waals surface area contributed by atoms with Crippen molar-refractivity contribution in [3.63, 3.8) is 0 Å². The molecular weight excluding hydrogens is 522 g/mol. The Labute approximate surface area is 120 Å². The van der Waals surface area contributed by atoms with Crippen molar-refractivity contribution in [2.45, 2.75) is 0 Å². The number of hydrogen-bond donors (Lipinski definition) is 2. The summed E-state index contributed by atoms with van der Waals surface area (Å²) in [4.78, 5) is 0. The molecule has 0 saturated carbocycles. The van der Waals surface area contributed by atoms with E-state index in [0.29, 0.717) is 0 Å². The second-order valence-electron chi connectivity index (χ2n) is 1.21. The van der Waals surface area contributed by atoms with Gasteiger partial charge in [-0.15, -0.1) is 0 Å². The molecule has 0 bridgehead atoms. The Bertz CT molecular complexity index is 226. The summed E-state index contributed by atoms with van der Waals surface area (Å²) in [5, 5.41) is 0. The van der Waals surface area contributed by atoms with Crippen molar-refractivity contribution >= 4 is 97.8 Å². The molecule has 0 amide bonds. The van der Waals surface area contributed by atoms with E-state index >= 15 is 0 Å². The van der Waals surface area contributed by atoms with Gasteiger partial charge in [-0.2, -0.15) is 8.42 Å². The summed E-state index contributed by atoms with van der Waals surface area (Å²) in [5.74, 6) is 0. The number of hydrogen-bond acceptors (Lipinski definition) is 2. The average molecular weight is 525 g/mol. The van der Waals surface area contributed by atoms with E-state index in [2.05, 4.69) is 0 Å². The van der Waals surface area contributed by atoms with E-state index in [1.807, 2.05) is 0 Å². The summed E-state index contributed by atoms with van der Waals surface area (Å²) >= 11 is 0. The zero-order valence-electron chi connectivity index (χ0n) is 4.74. The van der Waals surface area contributed by atoms with Crippen molar-refractivity contribution in [2.24, 2.45) is 0 Å². The minimum absolute atomic E-state index is 0. The first-order valence-corrected chi connectivity index (χ1v) is 21.8. The van der Waals surface area contributed by atoms with E-state index in [-0.39, 0.29) is 29.6 Å². The first-order chi connectivity index (χ1) is 4.45. The van der Waals surface area contributed by atoms with E-state index in [1.54, 1.807) is 0 Å². The quantitative estimate of drug-likeness (QED) is 0.377. The van der Waals surface area contributed by atoms with Crippen molar-refractivity contribution in [3.8, 4) is 0 Å². The average Bonchev–Trinajstić information content (AvgIpc) is 1.04. The first-order valence-electron chi connectivity index (χ1n) is 1.50. The van der Waals surface area contributed by atoms with Crippen molar-refractivity contribution in [2.75, 3.05) is 0 Å². The van der Waals surface area contributed by atoms with E-state index in [4.69, 9.17) is 75.3 Å². The van der Waals surface area contributed by atoms with Gasteiger partial charge in [0.25, 0.3) is 0 Å². The Balaban J connectivity index is -0.000000150. The van der Waals surface area contributed by atoms with Gasteiger partial charge in [-0.05, 0) is 0 Å². The topological polar surface area (TPSA) is 74.6 Å². The molecule has 0 spiro atoms. The first kappa shape index (κ1) is 21.5. The number of rotatable bonds is 0. The van der Waals surface area contributed by atoms with E-state index in [0.717, 1.165) is 0 Å². The number of halogens is 6. The van der Waals surface area contributed by atoms with Crippen LogP contribution in [0.25, 0.3) is 0 Å². The monoisotopic (exact) mass is 524 g/mol. The summed E-state index contributed by atoms with van der Waals surface area (Å²) < 4.78 is 31.6. The second kappa shape index (κ2) is 5.26. The van der Waals surface area contributed by atoms with Crippen LogP contribution in [0.15, 0.2) is 0 Å². The van der Waals surface area contributed by atoms with Crippen LogP contribution in [0.3, 0.4) is 0 Å². The van der Waals surface area contributed by atoms with Gasteiger partial charge in [0.1, 0.15) is 0 Å². The van der Waals surface area contributed by atoms with Gasteiger partial charge in [0.2, 0.25) is 0 Å². The Morgan fingerprint density at radius 3 is 0.846 bits per heavy atom. The zero-order valence-corrected chi connectivity index (χ0v) is 12.6. The molecule has 0 rings (SSSR count). The maximum atomic E-state index is 8.74. The van der Waals surface area contributed by atoms with Crippen molar-refractivity contribution in [1.29, 1.82) is 0 Å². The Kier molecular flexibility index (Phi) is 8.71. The zero-order chi connectivity index (χ0) is 10.9. The van der Waals surface area contributed by atoms with Crippen molar-refractivity contribution in [1.82, 2.24) is 0 Å². The molecule has 0 aliphatic rings. The third kappa shape index (κ3) is 254. The molecular formula is H3Cl6NaO4OsS. The summed E-state index contributed by atoms with van der Waals surface area (Å²) in [6, 6.07) is 0. The van der Waals surface area contributed by atoms with Gasteiger partial charge in [-0.25, -0.2) is 0 Å². The molecule has 0 atom stereocenters. The van der Waals surface area contributed by atoms with Crippen LogP contribution in [0.4, 0.5) is 0 Å². The molecule has 0 aromatic carbocycles. The fourth-order valence-corrected chi connectivity index (χ4v) is 0. The van der Waals surface area contributed by atoms with Gasteiger partial charge in [0.15, 0.2) is 0 Å². The molecule has 0 saturated heterocycles. The molecule has 0 radical (unpaired) electrons. The van der Waals surface area contributed by atoms with Crippen molar-refractivity contribution in [3.05, 3.63) is 0 Å². The van der Waals surface area contributed by atoms with E-state index < -0.39 is 17.0 Å². The standard InChI is InChI=1S/6ClH.Na.H2O4S.Os.H/c;;;;;;;1-5(2,3)4;;/h6*1H;;(H2,1,2,3,4);;/q;;;;;;;;+6;/p-6. The van der Waals surface area contributed by atoms with Crippen LogP contribution >= 0.6 is 57.8 Å². The van der Waals surface area contributed by atoms with Gasteiger partial charge in [0, 0.05) is 0 Å². The van der Waals surface area contributed by atoms with Gasteiger partial charge in [-0.1, -0.05) is 0 Å². The summed E-state index contributed by atoms with van der Waals surface area (Å²) in [5.41, 5.74) is 0. The van der Waals surface area contributed by atoms with Crippen LogP contribution in [0.5, 0.6) is 0 Å². The molecule has 13 heavy (non-hydrogen) atoms. The predicted molar refractivity (Wildman–Crippen MR) is 56.4 cm³/mol. The van der Waals surface area contributed by atoms with Gasteiger partial charge in [0.05, 0.1) is 0 Å². The fraction of sp³-hybridized carbons (Fsp3) is 0. The molecule has 0 aliphatic heterocycles. The SMILES string of the molecule is O=S(=O)(O)O.[Cl][Os]([Cl])([Cl])([Cl])([Cl])[Cl].[NaH]. The maximum absolute atomic E-state index is 8.74. The molecule has 0 aliphatic carbocycles. The van der Waals surface area contributed by atoms with Crippen LogP contribution < -0.4 is 0 Å². The summed E-state index contributed by atoms with van der Waals surface area (Å²) in [6.07, 6.45) is 0. The van der Waals surface area contributed by atoms with Crippen molar-refractivity contribution < 1.29 is 24.2 Å². The van der Waals surface area contributed by atoms with Crippen LogP contribution in [0, 0.1) is 0 Å². The van der Waals surface area contributed by atoms with E-state index in [9.17, 15) is 0 Å². The van der Waals surface area contributed by atoms with Crippen LogP contribution in [0.1, 0.15) is 0 Å². The molecule has 13 heteroatoms. The van der Waals surface area contributed by atoms with E-state index in [1.165, 1.54) is 0 Å².